The van der Waals surface area contributed by atoms with Gasteiger partial charge in [-0.3, -0.25) is 0 Å². The van der Waals surface area contributed by atoms with Crippen LogP contribution in [0, 0.1) is 0 Å². The third-order valence-corrected chi connectivity index (χ3v) is 6.77. The highest BCUT2D eigenvalue weighted by atomic mass is 32.2. The Morgan fingerprint density at radius 1 is 1.04 bits per heavy atom. The Hall–Kier alpha value is -1.54. The summed E-state index contributed by atoms with van der Waals surface area (Å²) in [5.74, 6) is 0. The van der Waals surface area contributed by atoms with E-state index >= 15 is 0 Å². The minimum Gasteiger partial charge on any atom is -0.378 e. The van der Waals surface area contributed by atoms with Crippen molar-refractivity contribution in [1.29, 1.82) is 0 Å². The van der Waals surface area contributed by atoms with E-state index in [0.717, 1.165) is 42.4 Å². The van der Waals surface area contributed by atoms with Gasteiger partial charge in [0.2, 0.25) is 10.0 Å². The number of sulfonamides is 1. The summed E-state index contributed by atoms with van der Waals surface area (Å²) >= 11 is 1.58. The van der Waals surface area contributed by atoms with E-state index in [1.54, 1.807) is 23.9 Å². The van der Waals surface area contributed by atoms with Crippen molar-refractivity contribution in [3.63, 3.8) is 0 Å². The molecular formula is C19H24N2O3S2. The average Bonchev–Trinajstić information content (AvgIpc) is 2.68. The smallest absolute Gasteiger partial charge is 0.241 e. The molecule has 1 aliphatic rings. The molecule has 26 heavy (non-hydrogen) atoms. The molecule has 140 valence electrons. The molecule has 0 bridgehead atoms. The predicted octanol–water partition coefficient (Wildman–Crippen LogP) is 3.28. The third kappa shape index (κ3) is 4.59. The Morgan fingerprint density at radius 2 is 1.65 bits per heavy atom. The van der Waals surface area contributed by atoms with Gasteiger partial charge in [0.05, 0.1) is 18.1 Å². The van der Waals surface area contributed by atoms with Crippen LogP contribution in [0.2, 0.25) is 0 Å². The van der Waals surface area contributed by atoms with E-state index in [2.05, 4.69) is 9.62 Å². The van der Waals surface area contributed by atoms with Crippen molar-refractivity contribution in [3.05, 3.63) is 54.1 Å². The van der Waals surface area contributed by atoms with Crippen molar-refractivity contribution in [2.45, 2.75) is 22.8 Å². The quantitative estimate of drug-likeness (QED) is 0.765. The zero-order valence-corrected chi connectivity index (χ0v) is 16.6. The van der Waals surface area contributed by atoms with Gasteiger partial charge in [-0.25, -0.2) is 13.1 Å². The molecule has 1 aliphatic heterocycles. The molecule has 1 fully saturated rings. The number of rotatable bonds is 6. The van der Waals surface area contributed by atoms with Gasteiger partial charge in [0.1, 0.15) is 0 Å². The molecule has 0 spiro atoms. The summed E-state index contributed by atoms with van der Waals surface area (Å²) < 4.78 is 33.3. The van der Waals surface area contributed by atoms with E-state index in [1.807, 2.05) is 49.6 Å². The highest BCUT2D eigenvalue weighted by Gasteiger charge is 2.19. The van der Waals surface area contributed by atoms with Crippen LogP contribution < -0.4 is 9.62 Å². The molecule has 0 saturated carbocycles. The SMILES string of the molecule is CSc1ccc(S(=O)(=O)N[C@H](C)c2ccc(N3CCOCC3)cc2)cc1. The Balaban J connectivity index is 1.69. The lowest BCUT2D eigenvalue weighted by Gasteiger charge is -2.29. The highest BCUT2D eigenvalue weighted by molar-refractivity contribution is 7.98. The first-order chi connectivity index (χ1) is 12.5. The minimum atomic E-state index is -3.55. The normalized spacial score (nSPS) is 16.5. The molecule has 0 aliphatic carbocycles. The van der Waals surface area contributed by atoms with Gasteiger partial charge in [-0.15, -0.1) is 11.8 Å². The van der Waals surface area contributed by atoms with Crippen LogP contribution >= 0.6 is 11.8 Å². The predicted molar refractivity (Wildman–Crippen MR) is 106 cm³/mol. The molecule has 0 aromatic heterocycles. The number of morpholine rings is 1. The van der Waals surface area contributed by atoms with Gasteiger partial charge < -0.3 is 9.64 Å². The molecule has 0 radical (unpaired) electrons. The molecule has 2 aromatic carbocycles. The molecule has 2 aromatic rings. The van der Waals surface area contributed by atoms with Crippen molar-refractivity contribution in [3.8, 4) is 0 Å². The first kappa shape index (κ1) is 19.2. The van der Waals surface area contributed by atoms with Crippen molar-refractivity contribution < 1.29 is 13.2 Å². The Kier molecular flexibility index (Phi) is 6.24. The van der Waals surface area contributed by atoms with E-state index in [0.29, 0.717) is 0 Å². The lowest BCUT2D eigenvalue weighted by atomic mass is 10.1. The number of thioether (sulfide) groups is 1. The molecular weight excluding hydrogens is 368 g/mol. The fraction of sp³-hybridized carbons (Fsp3) is 0.368. The molecule has 7 heteroatoms. The van der Waals surface area contributed by atoms with Crippen molar-refractivity contribution in [2.75, 3.05) is 37.5 Å². The largest absolute Gasteiger partial charge is 0.378 e. The number of hydrogen-bond acceptors (Lipinski definition) is 5. The van der Waals surface area contributed by atoms with Gasteiger partial charge in [-0.1, -0.05) is 12.1 Å². The first-order valence-corrected chi connectivity index (χ1v) is 11.3. The summed E-state index contributed by atoms with van der Waals surface area (Å²) in [7, 11) is -3.55. The zero-order chi connectivity index (χ0) is 18.6. The molecule has 0 unspecified atom stereocenters. The van der Waals surface area contributed by atoms with Crippen LogP contribution in [0.5, 0.6) is 0 Å². The number of nitrogens with zero attached hydrogens (tertiary/aromatic N) is 1. The fourth-order valence-electron chi connectivity index (χ4n) is 2.92. The Morgan fingerprint density at radius 3 is 2.23 bits per heavy atom. The first-order valence-electron chi connectivity index (χ1n) is 8.58. The minimum absolute atomic E-state index is 0.284. The average molecular weight is 393 g/mol. The van der Waals surface area contributed by atoms with E-state index in [-0.39, 0.29) is 10.9 Å². The van der Waals surface area contributed by atoms with Crippen LogP contribution in [-0.2, 0) is 14.8 Å². The molecule has 1 heterocycles. The Labute approximate surface area is 159 Å². The van der Waals surface area contributed by atoms with Gasteiger partial charge in [-0.2, -0.15) is 0 Å². The van der Waals surface area contributed by atoms with Crippen LogP contribution in [-0.4, -0.2) is 41.0 Å². The monoisotopic (exact) mass is 392 g/mol. The zero-order valence-electron chi connectivity index (χ0n) is 15.0. The summed E-state index contributed by atoms with van der Waals surface area (Å²) in [4.78, 5) is 3.60. The number of hydrogen-bond donors (Lipinski definition) is 1. The molecule has 1 atom stereocenters. The fourth-order valence-corrected chi connectivity index (χ4v) is 4.56. The van der Waals surface area contributed by atoms with Gasteiger partial charge in [0.25, 0.3) is 0 Å². The summed E-state index contributed by atoms with van der Waals surface area (Å²) in [6, 6.07) is 14.7. The maximum atomic E-state index is 12.6. The molecule has 5 nitrogen and oxygen atoms in total. The number of anilines is 1. The molecule has 1 N–H and O–H groups in total. The maximum Gasteiger partial charge on any atom is 0.241 e. The number of benzene rings is 2. The van der Waals surface area contributed by atoms with Gasteiger partial charge >= 0.3 is 0 Å². The van der Waals surface area contributed by atoms with Crippen LogP contribution in [0.4, 0.5) is 5.69 Å². The van der Waals surface area contributed by atoms with Crippen molar-refractivity contribution >= 4 is 27.5 Å². The number of nitrogens with one attached hydrogen (secondary N) is 1. The van der Waals surface area contributed by atoms with E-state index < -0.39 is 10.0 Å². The number of ether oxygens (including phenoxy) is 1. The lowest BCUT2D eigenvalue weighted by Crippen LogP contribution is -2.36. The standard InChI is InChI=1S/C19H24N2O3S2/c1-15(20-26(22,23)19-9-7-18(25-2)8-10-19)16-3-5-17(6-4-16)21-11-13-24-14-12-21/h3-10,15,20H,11-14H2,1-2H3/t15-/m1/s1. The molecule has 1 saturated heterocycles. The Bertz CT molecular complexity index is 815. The summed E-state index contributed by atoms with van der Waals surface area (Å²) in [5, 5.41) is 0. The third-order valence-electron chi connectivity index (χ3n) is 4.47. The van der Waals surface area contributed by atoms with Crippen LogP contribution in [0.3, 0.4) is 0 Å². The van der Waals surface area contributed by atoms with Gasteiger partial charge in [0, 0.05) is 29.7 Å². The van der Waals surface area contributed by atoms with Crippen LogP contribution in [0.1, 0.15) is 18.5 Å². The lowest BCUT2D eigenvalue weighted by molar-refractivity contribution is 0.122. The van der Waals surface area contributed by atoms with Crippen LogP contribution in [0.15, 0.2) is 58.3 Å². The highest BCUT2D eigenvalue weighted by Crippen LogP contribution is 2.23. The second-order valence-corrected chi connectivity index (χ2v) is 8.80. The van der Waals surface area contributed by atoms with E-state index in [4.69, 9.17) is 4.74 Å². The topological polar surface area (TPSA) is 58.6 Å². The second-order valence-electron chi connectivity index (χ2n) is 6.21. The molecule has 3 rings (SSSR count). The van der Waals surface area contributed by atoms with Crippen molar-refractivity contribution in [1.82, 2.24) is 4.72 Å². The summed E-state index contributed by atoms with van der Waals surface area (Å²) in [6.45, 7) is 5.11. The van der Waals surface area contributed by atoms with Crippen molar-refractivity contribution in [2.24, 2.45) is 0 Å². The summed E-state index contributed by atoms with van der Waals surface area (Å²) in [6.07, 6.45) is 1.96. The molecule has 0 amide bonds. The van der Waals surface area contributed by atoms with E-state index in [1.165, 1.54) is 0 Å². The maximum absolute atomic E-state index is 12.6. The summed E-state index contributed by atoms with van der Waals surface area (Å²) in [5.41, 5.74) is 2.08. The van der Waals surface area contributed by atoms with Gasteiger partial charge in [0.15, 0.2) is 0 Å². The van der Waals surface area contributed by atoms with Crippen LogP contribution in [0.25, 0.3) is 0 Å². The second kappa shape index (κ2) is 8.43. The van der Waals surface area contributed by atoms with E-state index in [9.17, 15) is 8.42 Å². The van der Waals surface area contributed by atoms with Gasteiger partial charge in [-0.05, 0) is 55.1 Å².